The molecule has 2 fully saturated rings. The van der Waals surface area contributed by atoms with E-state index in [0.717, 1.165) is 43.5 Å². The zero-order chi connectivity index (χ0) is 30.4. The highest BCUT2D eigenvalue weighted by atomic mass is 16.2. The van der Waals surface area contributed by atoms with Gasteiger partial charge in [-0.15, -0.1) is 0 Å². The van der Waals surface area contributed by atoms with Crippen LogP contribution >= 0.6 is 0 Å². The van der Waals surface area contributed by atoms with Gasteiger partial charge < -0.3 is 16.4 Å². The minimum atomic E-state index is -0.476. The second kappa shape index (κ2) is 13.3. The highest BCUT2D eigenvalue weighted by molar-refractivity contribution is 6.29. The summed E-state index contributed by atoms with van der Waals surface area (Å²) in [4.78, 5) is 37.5. The molecule has 1 aliphatic heterocycles. The van der Waals surface area contributed by atoms with Crippen molar-refractivity contribution in [1.29, 1.82) is 0 Å². The van der Waals surface area contributed by atoms with Gasteiger partial charge in [0.15, 0.2) is 0 Å². The highest BCUT2D eigenvalue weighted by Gasteiger charge is 2.31. The van der Waals surface area contributed by atoms with E-state index >= 15 is 0 Å². The van der Waals surface area contributed by atoms with E-state index in [1.165, 1.54) is 24.9 Å². The van der Waals surface area contributed by atoms with E-state index < -0.39 is 5.91 Å². The minimum absolute atomic E-state index is 0.153. The molecule has 42 heavy (non-hydrogen) atoms. The molecule has 4 rings (SSSR count). The number of anilines is 1. The standard InChI is InChI=1S/C32H44N8O2/c1-7-28(36-19-27(21(2)3)24-18-37-40(20-24)25-9-10-25)26(16-33)31(42)38-29-15-23(17-35-22(29)4)30(41)34-12-14-39-13-8-11-32(39,5)6/h7,15-21,25H,1,8-14,33H2,2-6H3,(H,34,41)(H,38,42)/b26-16?,27-19+,36-28?. The number of pyridine rings is 1. The summed E-state index contributed by atoms with van der Waals surface area (Å²) in [7, 11) is 0. The van der Waals surface area contributed by atoms with Crippen LogP contribution in [0.1, 0.15) is 81.0 Å². The van der Waals surface area contributed by atoms with Crippen molar-refractivity contribution < 1.29 is 9.59 Å². The number of rotatable bonds is 12. The van der Waals surface area contributed by atoms with Crippen molar-refractivity contribution in [3.8, 4) is 0 Å². The molecule has 10 heteroatoms. The van der Waals surface area contributed by atoms with Crippen LogP contribution in [0.15, 0.2) is 60.3 Å². The first-order chi connectivity index (χ1) is 20.0. The van der Waals surface area contributed by atoms with Crippen LogP contribution in [0.2, 0.25) is 0 Å². The van der Waals surface area contributed by atoms with Gasteiger partial charge in [0.1, 0.15) is 0 Å². The van der Waals surface area contributed by atoms with Crippen LogP contribution in [-0.2, 0) is 4.79 Å². The lowest BCUT2D eigenvalue weighted by Crippen LogP contribution is -2.43. The Balaban J connectivity index is 1.45. The van der Waals surface area contributed by atoms with Gasteiger partial charge in [-0.2, -0.15) is 5.10 Å². The van der Waals surface area contributed by atoms with Gasteiger partial charge in [-0.25, -0.2) is 0 Å². The number of aryl methyl sites for hydroxylation is 1. The summed E-state index contributed by atoms with van der Waals surface area (Å²) in [6.07, 6.45) is 14.5. The number of hydrogen-bond acceptors (Lipinski definition) is 7. The molecule has 2 amide bonds. The molecule has 2 aromatic heterocycles. The lowest BCUT2D eigenvalue weighted by molar-refractivity contribution is -0.112. The molecule has 0 spiro atoms. The molecule has 0 radical (unpaired) electrons. The van der Waals surface area contributed by atoms with Gasteiger partial charge >= 0.3 is 0 Å². The van der Waals surface area contributed by atoms with E-state index in [1.807, 2.05) is 17.1 Å². The van der Waals surface area contributed by atoms with E-state index in [-0.39, 0.29) is 22.9 Å². The van der Waals surface area contributed by atoms with Crippen LogP contribution in [-0.4, -0.2) is 62.4 Å². The number of hydrogen-bond donors (Lipinski definition) is 3. The summed E-state index contributed by atoms with van der Waals surface area (Å²) < 4.78 is 2.00. The van der Waals surface area contributed by atoms with Gasteiger partial charge in [0.2, 0.25) is 0 Å². The van der Waals surface area contributed by atoms with Gasteiger partial charge in [-0.1, -0.05) is 20.4 Å². The van der Waals surface area contributed by atoms with Crippen molar-refractivity contribution in [2.24, 2.45) is 16.6 Å². The van der Waals surface area contributed by atoms with Crippen LogP contribution in [0.25, 0.3) is 5.57 Å². The van der Waals surface area contributed by atoms with Crippen LogP contribution in [0.5, 0.6) is 0 Å². The molecule has 10 nitrogen and oxygen atoms in total. The smallest absolute Gasteiger partial charge is 0.259 e. The van der Waals surface area contributed by atoms with Crippen molar-refractivity contribution in [3.63, 3.8) is 0 Å². The topological polar surface area (TPSA) is 131 Å². The largest absolute Gasteiger partial charge is 0.404 e. The summed E-state index contributed by atoms with van der Waals surface area (Å²) in [5.41, 5.74) is 9.87. The molecular formula is C32H44N8O2. The molecule has 0 unspecified atom stereocenters. The number of aliphatic imine (C=N–C) groups is 1. The van der Waals surface area contributed by atoms with Gasteiger partial charge in [0, 0.05) is 49.0 Å². The SMILES string of the molecule is C=CC(=N/C=C(/c1cnn(C2CC2)c1)C(C)C)C(=CN)C(=O)Nc1cc(C(=O)NCCN2CCCC2(C)C)cnc1C. The number of allylic oxidation sites excluding steroid dienone is 2. The molecule has 1 saturated carbocycles. The Hall–Kier alpha value is -4.05. The highest BCUT2D eigenvalue weighted by Crippen LogP contribution is 2.35. The number of aromatic nitrogens is 3. The van der Waals surface area contributed by atoms with Gasteiger partial charge in [-0.3, -0.25) is 29.1 Å². The first kappa shape index (κ1) is 30.9. The Bertz CT molecular complexity index is 1410. The zero-order valence-corrected chi connectivity index (χ0v) is 25.5. The molecule has 2 aromatic rings. The summed E-state index contributed by atoms with van der Waals surface area (Å²) in [5, 5.41) is 10.3. The third-order valence-corrected chi connectivity index (χ3v) is 8.04. The average molecular weight is 573 g/mol. The fraction of sp³-hybridized carbons (Fsp3) is 0.469. The van der Waals surface area contributed by atoms with Crippen LogP contribution in [0.4, 0.5) is 5.69 Å². The maximum absolute atomic E-state index is 13.3. The third kappa shape index (κ3) is 7.42. The second-order valence-electron chi connectivity index (χ2n) is 11.9. The van der Waals surface area contributed by atoms with Crippen molar-refractivity contribution in [2.75, 3.05) is 25.0 Å². The van der Waals surface area contributed by atoms with Crippen LogP contribution < -0.4 is 16.4 Å². The fourth-order valence-electron chi connectivity index (χ4n) is 5.19. The molecule has 3 heterocycles. The Morgan fingerprint density at radius 1 is 1.26 bits per heavy atom. The number of nitrogens with one attached hydrogen (secondary N) is 2. The van der Waals surface area contributed by atoms with Crippen molar-refractivity contribution in [2.45, 2.75) is 71.9 Å². The lowest BCUT2D eigenvalue weighted by Gasteiger charge is -2.31. The fourth-order valence-corrected chi connectivity index (χ4v) is 5.19. The number of carbonyl (C=O) groups excluding carboxylic acids is 2. The first-order valence-electron chi connectivity index (χ1n) is 14.7. The second-order valence-corrected chi connectivity index (χ2v) is 11.9. The quantitative estimate of drug-likeness (QED) is 0.251. The zero-order valence-electron chi connectivity index (χ0n) is 25.5. The summed E-state index contributed by atoms with van der Waals surface area (Å²) in [6.45, 7) is 16.6. The Labute approximate surface area is 248 Å². The number of likely N-dealkylation sites (tertiary alicyclic amines) is 1. The Morgan fingerprint density at radius 3 is 2.64 bits per heavy atom. The predicted molar refractivity (Wildman–Crippen MR) is 168 cm³/mol. The molecule has 2 aliphatic rings. The molecule has 4 N–H and O–H groups in total. The van der Waals surface area contributed by atoms with E-state index in [9.17, 15) is 9.59 Å². The predicted octanol–water partition coefficient (Wildman–Crippen LogP) is 4.63. The monoisotopic (exact) mass is 572 g/mol. The first-order valence-corrected chi connectivity index (χ1v) is 14.7. The summed E-state index contributed by atoms with van der Waals surface area (Å²) >= 11 is 0. The Morgan fingerprint density at radius 2 is 2.02 bits per heavy atom. The molecule has 224 valence electrons. The number of nitrogens with zero attached hydrogens (tertiary/aromatic N) is 5. The van der Waals surface area contributed by atoms with Gasteiger partial charge in [0.25, 0.3) is 11.8 Å². The molecular weight excluding hydrogens is 528 g/mol. The Kier molecular flexibility index (Phi) is 9.78. The maximum atomic E-state index is 13.3. The van der Waals surface area contributed by atoms with E-state index in [2.05, 4.69) is 64.9 Å². The lowest BCUT2D eigenvalue weighted by atomic mass is 9.99. The molecule has 0 aromatic carbocycles. The number of nitrogens with two attached hydrogens (primary N) is 1. The molecule has 1 aliphatic carbocycles. The average Bonchev–Trinajstić information content (AvgIpc) is 3.59. The summed E-state index contributed by atoms with van der Waals surface area (Å²) in [5.74, 6) is -0.537. The summed E-state index contributed by atoms with van der Waals surface area (Å²) in [6, 6.07) is 2.11. The van der Waals surface area contributed by atoms with Crippen molar-refractivity contribution >= 4 is 28.8 Å². The number of amides is 2. The molecule has 0 atom stereocenters. The molecule has 0 bridgehead atoms. The van der Waals surface area contributed by atoms with Gasteiger partial charge in [-0.05, 0) is 76.6 Å². The van der Waals surface area contributed by atoms with Crippen molar-refractivity contribution in [3.05, 3.63) is 72.1 Å². The van der Waals surface area contributed by atoms with Crippen molar-refractivity contribution in [1.82, 2.24) is 25.0 Å². The van der Waals surface area contributed by atoms with Gasteiger partial charge in [0.05, 0.1) is 40.5 Å². The normalized spacial score (nSPS) is 17.9. The van der Waals surface area contributed by atoms with E-state index in [0.29, 0.717) is 35.2 Å². The minimum Gasteiger partial charge on any atom is -0.404 e. The van der Waals surface area contributed by atoms with E-state index in [1.54, 1.807) is 19.2 Å². The maximum Gasteiger partial charge on any atom is 0.259 e. The van der Waals surface area contributed by atoms with Crippen LogP contribution in [0.3, 0.4) is 0 Å². The molecule has 1 saturated heterocycles. The number of carbonyl (C=O) groups is 2. The third-order valence-electron chi connectivity index (χ3n) is 8.04. The van der Waals surface area contributed by atoms with E-state index in [4.69, 9.17) is 5.73 Å². The van der Waals surface area contributed by atoms with Crippen LogP contribution in [0, 0.1) is 12.8 Å².